The van der Waals surface area contributed by atoms with Gasteiger partial charge in [0.2, 0.25) is 23.1 Å². The molecule has 4 amide bonds. The van der Waals surface area contributed by atoms with Crippen LogP contribution in [0, 0.1) is 75.1 Å². The third kappa shape index (κ3) is 16.8. The molecule has 0 unspecified atom stereocenters. The third-order valence-electron chi connectivity index (χ3n) is 18.0. The Morgan fingerprint density at radius 1 is 0.306 bits per heavy atom. The molecule has 0 aliphatic heterocycles. The van der Waals surface area contributed by atoms with Crippen LogP contribution in [0.25, 0.3) is 68.1 Å². The number of nitrogens with one attached hydrogen (secondary N) is 4. The standard InChI is InChI=1S/2C22H20N4O.C21H17ClN4O.C21H17FN4O/c2*1-14-11-23-22-25-20(13-26(22)12-14)17-9-8-16(3)19(10-17)24-21(27)18-7-5-4-6-15(18)2;1-13-10-23-21-25-19(12-26(21)11-13)15-7-8-17(22)18(9-15)24-20(27)16-6-4-3-5-14(16)2;1-13-5-3-4-6-17(13)20(27)24-18-9-15(8-7-14(18)2)19-12-26-11-16(22)10-23-21(26)25-19/h2*4-13H,1-3H3,(H,24,27);2*3-12H,1-2H3,(H,24,27). The number of benzene rings is 8. The van der Waals surface area contributed by atoms with Crippen molar-refractivity contribution in [3.05, 3.63) is 333 Å². The summed E-state index contributed by atoms with van der Waals surface area (Å²) in [5, 5.41) is 12.4. The number of hydrogen-bond acceptors (Lipinski definition) is 12. The number of imidazole rings is 4. The average Bonchev–Trinajstić information content (AvgIpc) is 1.68. The van der Waals surface area contributed by atoms with E-state index in [-0.39, 0.29) is 23.6 Å². The summed E-state index contributed by atoms with van der Waals surface area (Å²) >= 11 is 6.30. The van der Waals surface area contributed by atoms with Crippen molar-refractivity contribution in [2.75, 3.05) is 21.3 Å². The zero-order valence-corrected chi connectivity index (χ0v) is 61.6. The van der Waals surface area contributed by atoms with Crippen molar-refractivity contribution in [1.82, 2.24) is 57.5 Å². The molecule has 0 fully saturated rings. The summed E-state index contributed by atoms with van der Waals surface area (Å²) in [4.78, 5) is 85.7. The van der Waals surface area contributed by atoms with Gasteiger partial charge in [-0.15, -0.1) is 0 Å². The van der Waals surface area contributed by atoms with Crippen molar-refractivity contribution in [3.8, 4) is 45.0 Å². The fraction of sp³-hybridized carbons (Fsp3) is 0.116. The van der Waals surface area contributed by atoms with Crippen LogP contribution in [0.3, 0.4) is 0 Å². The third-order valence-corrected chi connectivity index (χ3v) is 18.3. The number of rotatable bonds is 12. The Morgan fingerprint density at radius 2 is 0.565 bits per heavy atom. The Hall–Kier alpha value is -13.7. The molecule has 16 aromatic rings. The first-order valence-corrected chi connectivity index (χ1v) is 35.0. The van der Waals surface area contributed by atoms with Gasteiger partial charge in [-0.3, -0.25) is 36.8 Å². The first kappa shape index (κ1) is 72.7. The van der Waals surface area contributed by atoms with Gasteiger partial charge in [-0.2, -0.15) is 0 Å². The minimum Gasteiger partial charge on any atom is -0.322 e. The highest BCUT2D eigenvalue weighted by Crippen LogP contribution is 2.32. The summed E-state index contributed by atoms with van der Waals surface area (Å²) in [6.45, 7) is 19.5. The maximum Gasteiger partial charge on any atom is 0.255 e. The maximum absolute atomic E-state index is 13.3. The molecule has 4 N–H and O–H groups in total. The van der Waals surface area contributed by atoms with Crippen LogP contribution in [0.4, 0.5) is 27.1 Å². The van der Waals surface area contributed by atoms with Gasteiger partial charge in [0.05, 0.1) is 39.7 Å². The lowest BCUT2D eigenvalue weighted by atomic mass is 10.1. The van der Waals surface area contributed by atoms with E-state index >= 15 is 0 Å². The number of nitrogens with zero attached hydrogens (tertiary/aromatic N) is 12. The van der Waals surface area contributed by atoms with E-state index in [1.165, 1.54) is 10.6 Å². The van der Waals surface area contributed by atoms with Gasteiger partial charge in [-0.1, -0.05) is 127 Å². The van der Waals surface area contributed by atoms with E-state index < -0.39 is 5.82 Å². The van der Waals surface area contributed by atoms with Crippen molar-refractivity contribution in [3.63, 3.8) is 0 Å². The fourth-order valence-electron chi connectivity index (χ4n) is 12.0. The van der Waals surface area contributed by atoms with Crippen molar-refractivity contribution in [2.24, 2.45) is 0 Å². The molecule has 0 saturated carbocycles. The monoisotopic (exact) mass is 1450 g/mol. The number of halogens is 2. The number of aryl methyl sites for hydroxylation is 10. The summed E-state index contributed by atoms with van der Waals surface area (Å²) in [6.07, 6.45) is 21.3. The zero-order chi connectivity index (χ0) is 75.9. The highest BCUT2D eigenvalue weighted by atomic mass is 35.5. The smallest absolute Gasteiger partial charge is 0.255 e. The van der Waals surface area contributed by atoms with Crippen molar-refractivity contribution in [1.29, 1.82) is 0 Å². The van der Waals surface area contributed by atoms with E-state index in [2.05, 4.69) is 61.1 Å². The van der Waals surface area contributed by atoms with Gasteiger partial charge >= 0.3 is 0 Å². The van der Waals surface area contributed by atoms with E-state index in [9.17, 15) is 23.6 Å². The molecule has 0 atom stereocenters. The molecule has 0 radical (unpaired) electrons. The molecule has 0 bridgehead atoms. The minimum atomic E-state index is -0.429. The second kappa shape index (κ2) is 31.7. The maximum atomic E-state index is 13.3. The molecule has 8 aromatic carbocycles. The first-order chi connectivity index (χ1) is 52.0. The van der Waals surface area contributed by atoms with Crippen molar-refractivity contribution < 1.29 is 23.6 Å². The SMILES string of the molecule is Cc1ccc(-c2cn3cc(F)cnc3n2)cc1NC(=O)c1ccccc1C.Cc1cnc2nc(-c3ccc(C)c(NC(=O)c4ccccc4C)c3)cn2c1.Cc1cnc2nc(-c3ccc(C)c(NC(=O)c4ccccc4C)c3)cn2c1.Cc1cnc2nc(-c3ccc(Cl)c(NC(=O)c4ccccc4C)c3)cn2c1. The van der Waals surface area contributed by atoms with Crippen LogP contribution in [-0.2, 0) is 0 Å². The summed E-state index contributed by atoms with van der Waals surface area (Å²) in [5.74, 6) is 1.34. The molecule has 8 aromatic heterocycles. The van der Waals surface area contributed by atoms with Crippen LogP contribution < -0.4 is 21.3 Å². The largest absolute Gasteiger partial charge is 0.322 e. The molecular formula is C86H74ClFN16O4. The Morgan fingerprint density at radius 3 is 0.870 bits per heavy atom. The van der Waals surface area contributed by atoms with Crippen LogP contribution in [0.5, 0.6) is 0 Å². The number of aromatic nitrogens is 12. The van der Waals surface area contributed by atoms with Crippen LogP contribution in [-0.4, -0.2) is 81.1 Å². The molecule has 0 aliphatic carbocycles. The van der Waals surface area contributed by atoms with Gasteiger partial charge in [0.15, 0.2) is 5.82 Å². The van der Waals surface area contributed by atoms with Crippen molar-refractivity contribution in [2.45, 2.75) is 69.2 Å². The highest BCUT2D eigenvalue weighted by Gasteiger charge is 2.19. The molecule has 0 aliphatic rings. The lowest BCUT2D eigenvalue weighted by molar-refractivity contribution is 0.101. The quantitative estimate of drug-likeness (QED) is 0.0894. The topological polar surface area (TPSA) is 237 Å². The molecule has 0 saturated heterocycles. The molecule has 8 heterocycles. The molecule has 536 valence electrons. The van der Waals surface area contributed by atoms with Gasteiger partial charge in [0, 0.05) is 130 Å². The van der Waals surface area contributed by atoms with Crippen LogP contribution in [0.15, 0.2) is 244 Å². The van der Waals surface area contributed by atoms with Crippen LogP contribution in [0.1, 0.15) is 97.1 Å². The molecule has 16 rings (SSSR count). The molecule has 22 heteroatoms. The molecule has 20 nitrogen and oxygen atoms in total. The summed E-state index contributed by atoms with van der Waals surface area (Å²) in [7, 11) is 0. The summed E-state index contributed by atoms with van der Waals surface area (Å²) < 4.78 is 20.6. The second-order valence-corrected chi connectivity index (χ2v) is 26.8. The van der Waals surface area contributed by atoms with E-state index in [1.807, 2.05) is 271 Å². The second-order valence-electron chi connectivity index (χ2n) is 26.4. The summed E-state index contributed by atoms with van der Waals surface area (Å²) in [5.41, 5.74) is 21.8. The van der Waals surface area contributed by atoms with Gasteiger partial charge in [0.1, 0.15) is 0 Å². The number of fused-ring (bicyclic) bond motifs is 4. The highest BCUT2D eigenvalue weighted by molar-refractivity contribution is 6.34. The summed E-state index contributed by atoms with van der Waals surface area (Å²) in [6, 6.07) is 53.1. The van der Waals surface area contributed by atoms with Crippen LogP contribution >= 0.6 is 11.6 Å². The fourth-order valence-corrected chi connectivity index (χ4v) is 12.1. The van der Waals surface area contributed by atoms with Gasteiger partial charge in [0.25, 0.3) is 23.6 Å². The number of anilines is 4. The zero-order valence-electron chi connectivity index (χ0n) is 60.8. The normalized spacial score (nSPS) is 10.9. The molecule has 0 spiro atoms. The lowest BCUT2D eigenvalue weighted by Gasteiger charge is -2.11. The van der Waals surface area contributed by atoms with Gasteiger partial charge in [-0.25, -0.2) is 44.3 Å². The number of carbonyl (C=O) groups excluding carboxylic acids is 4. The predicted molar refractivity (Wildman–Crippen MR) is 424 cm³/mol. The van der Waals surface area contributed by atoms with E-state index in [0.29, 0.717) is 67.5 Å². The molecule has 108 heavy (non-hydrogen) atoms. The number of hydrogen-bond donors (Lipinski definition) is 4. The van der Waals surface area contributed by atoms with Crippen molar-refractivity contribution >= 4 is 81.1 Å². The Bertz CT molecular complexity index is 5400. The Balaban J connectivity index is 0.000000127. The van der Waals surface area contributed by atoms with Gasteiger partial charge in [-0.05, 0) is 179 Å². The first-order valence-electron chi connectivity index (χ1n) is 34.6. The minimum absolute atomic E-state index is 0.111. The molecular weight excluding hydrogens is 1380 g/mol. The van der Waals surface area contributed by atoms with Gasteiger partial charge < -0.3 is 21.3 Å². The lowest BCUT2D eigenvalue weighted by Crippen LogP contribution is -2.14. The Kier molecular flexibility index (Phi) is 21.4. The Labute approximate surface area is 627 Å². The van der Waals surface area contributed by atoms with E-state index in [0.717, 1.165) is 113 Å². The number of amides is 4. The van der Waals surface area contributed by atoms with Crippen LogP contribution in [0.2, 0.25) is 5.02 Å². The number of carbonyl (C=O) groups is 4. The van der Waals surface area contributed by atoms with E-state index in [4.69, 9.17) is 11.6 Å². The predicted octanol–water partition coefficient (Wildman–Crippen LogP) is 18.5. The average molecular weight is 1450 g/mol. The van der Waals surface area contributed by atoms with E-state index in [1.54, 1.807) is 43.0 Å².